The van der Waals surface area contributed by atoms with Crippen molar-refractivity contribution in [2.75, 3.05) is 18.6 Å². The Balaban J connectivity index is 1.95. The van der Waals surface area contributed by atoms with Gasteiger partial charge in [0.15, 0.2) is 0 Å². The lowest BCUT2D eigenvalue weighted by Crippen LogP contribution is -2.32. The number of fused-ring (bicyclic) bond motifs is 1. The Morgan fingerprint density at radius 2 is 1.68 bits per heavy atom. The van der Waals surface area contributed by atoms with Gasteiger partial charge in [-0.15, -0.1) is 0 Å². The summed E-state index contributed by atoms with van der Waals surface area (Å²) in [4.78, 5) is 32.4. The molecule has 0 aliphatic carbocycles. The number of ether oxygens (including phenoxy) is 1. The zero-order valence-corrected chi connectivity index (χ0v) is 17.5. The number of benzene rings is 3. The molecule has 156 valence electrons. The number of anilines is 1. The lowest BCUT2D eigenvalue weighted by Gasteiger charge is -2.26. The Bertz CT molecular complexity index is 1270. The van der Waals surface area contributed by atoms with Crippen molar-refractivity contribution < 1.29 is 9.53 Å². The van der Waals surface area contributed by atoms with Gasteiger partial charge in [-0.25, -0.2) is 14.3 Å². The highest BCUT2D eigenvalue weighted by Gasteiger charge is 2.19. The van der Waals surface area contributed by atoms with Crippen molar-refractivity contribution in [3.05, 3.63) is 100 Å². The second-order valence-corrected chi connectivity index (χ2v) is 7.11. The van der Waals surface area contributed by atoms with Crippen LogP contribution in [0.25, 0.3) is 16.6 Å². The molecule has 0 N–H and O–H groups in total. The number of carbonyl (C=O) groups excluding carboxylic acids is 1. The van der Waals surface area contributed by atoms with Crippen molar-refractivity contribution in [3.63, 3.8) is 0 Å². The lowest BCUT2D eigenvalue weighted by molar-refractivity contribution is 0.0601. The van der Waals surface area contributed by atoms with E-state index in [4.69, 9.17) is 9.72 Å². The average molecular weight is 413 g/mol. The highest BCUT2D eigenvalue weighted by molar-refractivity contribution is 5.94. The van der Waals surface area contributed by atoms with Crippen LogP contribution >= 0.6 is 0 Å². The number of para-hydroxylation sites is 1. The number of carbonyl (C=O) groups is 1. The summed E-state index contributed by atoms with van der Waals surface area (Å²) < 4.78 is 6.46. The minimum absolute atomic E-state index is 0.186. The SMILES string of the molecule is CCN(Cc1ccccc1)c1nc2cc(C(=O)OC)ccc2c(=O)n1-c1ccccc1. The predicted molar refractivity (Wildman–Crippen MR) is 122 cm³/mol. The molecule has 0 aliphatic rings. The third-order valence-electron chi connectivity index (χ3n) is 5.17. The van der Waals surface area contributed by atoms with E-state index < -0.39 is 5.97 Å². The van der Waals surface area contributed by atoms with Crippen LogP contribution in [0.3, 0.4) is 0 Å². The molecule has 0 saturated carbocycles. The molecule has 6 heteroatoms. The fourth-order valence-electron chi connectivity index (χ4n) is 3.57. The summed E-state index contributed by atoms with van der Waals surface area (Å²) in [6, 6.07) is 24.3. The minimum atomic E-state index is -0.464. The van der Waals surface area contributed by atoms with Crippen LogP contribution in [0.4, 0.5) is 5.95 Å². The van der Waals surface area contributed by atoms with E-state index in [0.29, 0.717) is 35.5 Å². The largest absolute Gasteiger partial charge is 0.465 e. The van der Waals surface area contributed by atoms with E-state index in [1.54, 1.807) is 22.8 Å². The first kappa shape index (κ1) is 20.3. The third kappa shape index (κ3) is 4.05. The fraction of sp³-hybridized carbons (Fsp3) is 0.160. The maximum absolute atomic E-state index is 13.6. The van der Waals surface area contributed by atoms with Gasteiger partial charge in [-0.2, -0.15) is 0 Å². The van der Waals surface area contributed by atoms with Crippen LogP contribution in [-0.4, -0.2) is 29.2 Å². The van der Waals surface area contributed by atoms with Crippen LogP contribution in [-0.2, 0) is 11.3 Å². The van der Waals surface area contributed by atoms with Gasteiger partial charge in [0.1, 0.15) is 0 Å². The van der Waals surface area contributed by atoms with Gasteiger partial charge in [0.05, 0.1) is 29.3 Å². The summed E-state index contributed by atoms with van der Waals surface area (Å²) >= 11 is 0. The van der Waals surface area contributed by atoms with E-state index in [9.17, 15) is 9.59 Å². The summed E-state index contributed by atoms with van der Waals surface area (Å²) in [5.41, 5.74) is 2.48. The molecule has 0 spiro atoms. The molecule has 4 rings (SSSR count). The molecule has 0 aliphatic heterocycles. The Morgan fingerprint density at radius 1 is 1.00 bits per heavy atom. The molecule has 1 heterocycles. The zero-order chi connectivity index (χ0) is 21.8. The zero-order valence-electron chi connectivity index (χ0n) is 17.5. The Labute approximate surface area is 180 Å². The monoisotopic (exact) mass is 413 g/mol. The summed E-state index contributed by atoms with van der Waals surface area (Å²) in [6.45, 7) is 3.27. The summed E-state index contributed by atoms with van der Waals surface area (Å²) in [5.74, 6) is 0.0613. The van der Waals surface area contributed by atoms with E-state index >= 15 is 0 Å². The van der Waals surface area contributed by atoms with Crippen molar-refractivity contribution in [1.82, 2.24) is 9.55 Å². The van der Waals surface area contributed by atoms with Crippen molar-refractivity contribution in [1.29, 1.82) is 0 Å². The molecule has 6 nitrogen and oxygen atoms in total. The molecule has 0 amide bonds. The molecule has 0 saturated heterocycles. The molecule has 1 aromatic heterocycles. The quantitative estimate of drug-likeness (QED) is 0.443. The number of hydrogen-bond donors (Lipinski definition) is 0. The second kappa shape index (κ2) is 8.83. The molecular formula is C25H23N3O3. The number of aromatic nitrogens is 2. The van der Waals surface area contributed by atoms with Gasteiger partial charge >= 0.3 is 5.97 Å². The standard InChI is InChI=1S/C25H23N3O3/c1-3-27(17-18-10-6-4-7-11-18)25-26-22-16-19(24(30)31-2)14-15-21(22)23(29)28(25)20-12-8-5-9-13-20/h4-16H,3,17H2,1-2H3. The van der Waals surface area contributed by atoms with Crippen LogP contribution < -0.4 is 10.5 Å². The third-order valence-corrected chi connectivity index (χ3v) is 5.17. The minimum Gasteiger partial charge on any atom is -0.465 e. The van der Waals surface area contributed by atoms with Crippen LogP contribution in [0.15, 0.2) is 83.7 Å². The predicted octanol–water partition coefficient (Wildman–Crippen LogP) is 4.20. The van der Waals surface area contributed by atoms with Crippen LogP contribution in [0.5, 0.6) is 0 Å². The first-order valence-corrected chi connectivity index (χ1v) is 10.1. The molecule has 0 bridgehead atoms. The van der Waals surface area contributed by atoms with Gasteiger partial charge in [0.2, 0.25) is 5.95 Å². The average Bonchev–Trinajstić information content (AvgIpc) is 2.82. The van der Waals surface area contributed by atoms with E-state index in [0.717, 1.165) is 11.3 Å². The highest BCUT2D eigenvalue weighted by Crippen LogP contribution is 2.22. The molecule has 3 aromatic carbocycles. The highest BCUT2D eigenvalue weighted by atomic mass is 16.5. The van der Waals surface area contributed by atoms with E-state index in [2.05, 4.69) is 0 Å². The van der Waals surface area contributed by atoms with Gasteiger partial charge in [-0.1, -0.05) is 48.5 Å². The van der Waals surface area contributed by atoms with E-state index in [1.165, 1.54) is 7.11 Å². The van der Waals surface area contributed by atoms with Crippen LogP contribution in [0, 0.1) is 0 Å². The Morgan fingerprint density at radius 3 is 2.32 bits per heavy atom. The normalized spacial score (nSPS) is 10.8. The van der Waals surface area contributed by atoms with Gasteiger partial charge in [-0.05, 0) is 42.8 Å². The topological polar surface area (TPSA) is 64.4 Å². The Kier molecular flexibility index (Phi) is 5.80. The molecule has 0 unspecified atom stereocenters. The number of hydrogen-bond acceptors (Lipinski definition) is 5. The summed E-state index contributed by atoms with van der Waals surface area (Å²) in [5, 5.41) is 0.441. The molecule has 0 radical (unpaired) electrons. The van der Waals surface area contributed by atoms with Gasteiger partial charge in [0, 0.05) is 13.1 Å². The molecular weight excluding hydrogens is 390 g/mol. The number of nitrogens with zero attached hydrogens (tertiary/aromatic N) is 3. The van der Waals surface area contributed by atoms with Crippen molar-refractivity contribution in [2.45, 2.75) is 13.5 Å². The van der Waals surface area contributed by atoms with E-state index in [-0.39, 0.29) is 5.56 Å². The van der Waals surface area contributed by atoms with Gasteiger partial charge in [0.25, 0.3) is 5.56 Å². The smallest absolute Gasteiger partial charge is 0.337 e. The molecule has 0 fully saturated rings. The van der Waals surface area contributed by atoms with Gasteiger partial charge < -0.3 is 9.64 Å². The first-order chi connectivity index (χ1) is 15.1. The molecule has 0 atom stereocenters. The maximum atomic E-state index is 13.6. The molecule has 31 heavy (non-hydrogen) atoms. The van der Waals surface area contributed by atoms with Gasteiger partial charge in [-0.3, -0.25) is 4.79 Å². The molecule has 4 aromatic rings. The summed E-state index contributed by atoms with van der Waals surface area (Å²) in [7, 11) is 1.33. The number of rotatable bonds is 6. The van der Waals surface area contributed by atoms with Crippen molar-refractivity contribution in [2.24, 2.45) is 0 Å². The summed E-state index contributed by atoms with van der Waals surface area (Å²) in [6.07, 6.45) is 0. The van der Waals surface area contributed by atoms with Crippen molar-refractivity contribution >= 4 is 22.8 Å². The fourth-order valence-corrected chi connectivity index (χ4v) is 3.57. The lowest BCUT2D eigenvalue weighted by atomic mass is 10.1. The van der Waals surface area contributed by atoms with Crippen LogP contribution in [0.2, 0.25) is 0 Å². The maximum Gasteiger partial charge on any atom is 0.337 e. The van der Waals surface area contributed by atoms with Crippen molar-refractivity contribution in [3.8, 4) is 5.69 Å². The first-order valence-electron chi connectivity index (χ1n) is 10.1. The number of esters is 1. The van der Waals surface area contributed by atoms with Crippen LogP contribution in [0.1, 0.15) is 22.8 Å². The second-order valence-electron chi connectivity index (χ2n) is 7.11. The Hall–Kier alpha value is -3.93. The van der Waals surface area contributed by atoms with E-state index in [1.807, 2.05) is 72.5 Å². The number of methoxy groups -OCH3 is 1.